The van der Waals surface area contributed by atoms with Crippen molar-refractivity contribution < 1.29 is 24.2 Å². The minimum atomic E-state index is -1.11. The molecular weight excluding hydrogens is 468 g/mol. The van der Waals surface area contributed by atoms with E-state index in [9.17, 15) is 19.5 Å². The third kappa shape index (κ3) is 5.46. The first-order valence-electron chi connectivity index (χ1n) is 11.3. The van der Waals surface area contributed by atoms with Gasteiger partial charge in [0, 0.05) is 22.2 Å². The van der Waals surface area contributed by atoms with E-state index in [0.29, 0.717) is 12.8 Å². The Bertz CT molecular complexity index is 1230. The summed E-state index contributed by atoms with van der Waals surface area (Å²) in [6.07, 6.45) is 0.211. The van der Waals surface area contributed by atoms with Crippen LogP contribution in [0.1, 0.15) is 47.2 Å². The van der Waals surface area contributed by atoms with Crippen LogP contribution in [-0.2, 0) is 9.53 Å². The van der Waals surface area contributed by atoms with Crippen LogP contribution < -0.4 is 10.6 Å². The Morgan fingerprint density at radius 1 is 1.00 bits per heavy atom. The molecule has 1 aliphatic rings. The van der Waals surface area contributed by atoms with E-state index in [2.05, 4.69) is 22.8 Å². The topological polar surface area (TPSA) is 105 Å². The lowest BCUT2D eigenvalue weighted by atomic mass is 9.98. The van der Waals surface area contributed by atoms with Gasteiger partial charge in [0.05, 0.1) is 0 Å². The second-order valence-corrected chi connectivity index (χ2v) is 8.77. The van der Waals surface area contributed by atoms with Gasteiger partial charge >= 0.3 is 12.1 Å². The number of anilines is 1. The maximum atomic E-state index is 12.6. The molecule has 7 nitrogen and oxygen atoms in total. The van der Waals surface area contributed by atoms with Gasteiger partial charge in [0.2, 0.25) is 0 Å². The summed E-state index contributed by atoms with van der Waals surface area (Å²) >= 11 is 6.14. The molecule has 0 saturated carbocycles. The number of aliphatic carboxylic acids is 1. The Labute approximate surface area is 208 Å². The monoisotopic (exact) mass is 492 g/mol. The highest BCUT2D eigenvalue weighted by molar-refractivity contribution is 6.31. The van der Waals surface area contributed by atoms with Crippen LogP contribution in [-0.4, -0.2) is 35.7 Å². The van der Waals surface area contributed by atoms with E-state index in [1.807, 2.05) is 43.3 Å². The van der Waals surface area contributed by atoms with Gasteiger partial charge in [0.1, 0.15) is 12.6 Å². The third-order valence-corrected chi connectivity index (χ3v) is 6.15. The first kappa shape index (κ1) is 24.3. The van der Waals surface area contributed by atoms with E-state index in [4.69, 9.17) is 16.3 Å². The van der Waals surface area contributed by atoms with Crippen LogP contribution in [0.2, 0.25) is 5.02 Å². The summed E-state index contributed by atoms with van der Waals surface area (Å²) in [6, 6.07) is 19.4. The van der Waals surface area contributed by atoms with Crippen LogP contribution in [0.25, 0.3) is 11.1 Å². The number of ether oxygens (including phenoxy) is 1. The number of carboxylic acid groups (broad SMARTS) is 1. The van der Waals surface area contributed by atoms with E-state index >= 15 is 0 Å². The fraction of sp³-hybridized carbons (Fsp3) is 0.222. The van der Waals surface area contributed by atoms with Crippen molar-refractivity contribution in [2.75, 3.05) is 11.9 Å². The van der Waals surface area contributed by atoms with Crippen LogP contribution in [0.5, 0.6) is 0 Å². The molecule has 3 aromatic carbocycles. The fourth-order valence-electron chi connectivity index (χ4n) is 4.33. The minimum absolute atomic E-state index is 0.0830. The quantitative estimate of drug-likeness (QED) is 0.375. The minimum Gasteiger partial charge on any atom is -0.480 e. The van der Waals surface area contributed by atoms with Gasteiger partial charge in [-0.05, 0) is 46.9 Å². The van der Waals surface area contributed by atoms with Crippen LogP contribution in [0.3, 0.4) is 0 Å². The summed E-state index contributed by atoms with van der Waals surface area (Å²) in [5.74, 6) is -1.79. The number of amides is 2. The first-order chi connectivity index (χ1) is 16.9. The Hall–Kier alpha value is -3.84. The molecule has 3 aromatic rings. The van der Waals surface area contributed by atoms with Gasteiger partial charge in [-0.1, -0.05) is 73.5 Å². The van der Waals surface area contributed by atoms with Gasteiger partial charge < -0.3 is 15.2 Å². The summed E-state index contributed by atoms with van der Waals surface area (Å²) in [7, 11) is 0. The van der Waals surface area contributed by atoms with Crippen molar-refractivity contribution in [2.24, 2.45) is 0 Å². The third-order valence-electron chi connectivity index (χ3n) is 5.93. The van der Waals surface area contributed by atoms with Crippen molar-refractivity contribution in [1.82, 2.24) is 5.32 Å². The van der Waals surface area contributed by atoms with E-state index in [0.717, 1.165) is 22.3 Å². The van der Waals surface area contributed by atoms with E-state index in [1.54, 1.807) is 0 Å². The van der Waals surface area contributed by atoms with Gasteiger partial charge in [0.15, 0.2) is 0 Å². The summed E-state index contributed by atoms with van der Waals surface area (Å²) in [4.78, 5) is 36.5. The zero-order valence-electron chi connectivity index (χ0n) is 19.1. The lowest BCUT2D eigenvalue weighted by molar-refractivity contribution is -0.139. The summed E-state index contributed by atoms with van der Waals surface area (Å²) in [5, 5.41) is 14.6. The number of rotatable bonds is 8. The van der Waals surface area contributed by atoms with Crippen molar-refractivity contribution in [1.29, 1.82) is 0 Å². The van der Waals surface area contributed by atoms with E-state index < -0.39 is 24.0 Å². The van der Waals surface area contributed by atoms with Crippen molar-refractivity contribution >= 4 is 35.3 Å². The Morgan fingerprint density at radius 2 is 1.63 bits per heavy atom. The van der Waals surface area contributed by atoms with E-state index in [1.165, 1.54) is 18.2 Å². The van der Waals surface area contributed by atoms with Crippen molar-refractivity contribution in [3.8, 4) is 11.1 Å². The summed E-state index contributed by atoms with van der Waals surface area (Å²) in [6.45, 7) is 1.98. The van der Waals surface area contributed by atoms with Crippen molar-refractivity contribution in [2.45, 2.75) is 31.7 Å². The summed E-state index contributed by atoms with van der Waals surface area (Å²) < 4.78 is 5.54. The molecular formula is C27H25ClN2O5. The normalized spacial score (nSPS) is 12.9. The van der Waals surface area contributed by atoms with Crippen LogP contribution in [0.15, 0.2) is 66.7 Å². The number of fused-ring (bicyclic) bond motifs is 3. The molecule has 0 spiro atoms. The predicted octanol–water partition coefficient (Wildman–Crippen LogP) is 5.68. The highest BCUT2D eigenvalue weighted by atomic mass is 35.5. The molecule has 0 radical (unpaired) electrons. The Kier molecular flexibility index (Phi) is 7.36. The van der Waals surface area contributed by atoms with Gasteiger partial charge in [-0.2, -0.15) is 0 Å². The predicted molar refractivity (Wildman–Crippen MR) is 134 cm³/mol. The molecule has 35 heavy (non-hydrogen) atoms. The molecule has 0 aromatic heterocycles. The van der Waals surface area contributed by atoms with Gasteiger partial charge in [0.25, 0.3) is 5.91 Å². The molecule has 0 heterocycles. The van der Waals surface area contributed by atoms with Crippen LogP contribution in [0.4, 0.5) is 10.5 Å². The molecule has 0 aliphatic heterocycles. The maximum absolute atomic E-state index is 12.6. The highest BCUT2D eigenvalue weighted by Gasteiger charge is 2.29. The van der Waals surface area contributed by atoms with Crippen LogP contribution in [0, 0.1) is 0 Å². The number of hydrogen-bond donors (Lipinski definition) is 3. The zero-order chi connectivity index (χ0) is 24.9. The lowest BCUT2D eigenvalue weighted by Gasteiger charge is -2.16. The first-order valence-corrected chi connectivity index (χ1v) is 11.7. The fourth-order valence-corrected chi connectivity index (χ4v) is 4.57. The maximum Gasteiger partial charge on any atom is 0.411 e. The average Bonchev–Trinajstić information content (AvgIpc) is 3.15. The van der Waals surface area contributed by atoms with Gasteiger partial charge in [-0.25, -0.2) is 9.59 Å². The largest absolute Gasteiger partial charge is 0.480 e. The average molecular weight is 493 g/mol. The van der Waals surface area contributed by atoms with Crippen LogP contribution >= 0.6 is 11.6 Å². The number of carboxylic acids is 1. The number of hydrogen-bond acceptors (Lipinski definition) is 4. The second-order valence-electron chi connectivity index (χ2n) is 8.33. The number of carbonyl (C=O) groups excluding carboxylic acids is 2. The zero-order valence-corrected chi connectivity index (χ0v) is 19.8. The molecule has 4 rings (SSSR count). The SMILES string of the molecule is CCC[C@H](NC(=O)c1cc(Cl)cc(NC(=O)OCC2c3ccccc3-c3ccccc32)c1)C(=O)O. The Balaban J connectivity index is 1.43. The number of benzene rings is 3. The molecule has 1 aliphatic carbocycles. The highest BCUT2D eigenvalue weighted by Crippen LogP contribution is 2.44. The van der Waals surface area contributed by atoms with Gasteiger partial charge in [-0.15, -0.1) is 0 Å². The number of halogens is 1. The van der Waals surface area contributed by atoms with Gasteiger partial charge in [-0.3, -0.25) is 10.1 Å². The molecule has 0 unspecified atom stereocenters. The molecule has 8 heteroatoms. The van der Waals surface area contributed by atoms with Crippen molar-refractivity contribution in [3.05, 3.63) is 88.4 Å². The number of nitrogens with one attached hydrogen (secondary N) is 2. The lowest BCUT2D eigenvalue weighted by Crippen LogP contribution is -2.40. The molecule has 1 atom stereocenters. The standard InChI is InChI=1S/C27H25ClN2O5/c1-2-7-24(26(32)33)30-25(31)16-12-17(28)14-18(13-16)29-27(34)35-15-23-21-10-5-3-8-19(21)20-9-4-6-11-22(20)23/h3-6,8-14,23-24H,2,7,15H2,1H3,(H,29,34)(H,30,31)(H,32,33)/t24-/m0/s1. The Morgan fingerprint density at radius 3 is 2.23 bits per heavy atom. The molecule has 2 amide bonds. The molecule has 0 fully saturated rings. The smallest absolute Gasteiger partial charge is 0.411 e. The summed E-state index contributed by atoms with van der Waals surface area (Å²) in [5.41, 5.74) is 4.86. The van der Waals surface area contributed by atoms with E-state index in [-0.39, 0.29) is 28.8 Å². The number of carbonyl (C=O) groups is 3. The molecule has 3 N–H and O–H groups in total. The second kappa shape index (κ2) is 10.6. The molecule has 0 bridgehead atoms. The molecule has 180 valence electrons. The van der Waals surface area contributed by atoms with Crippen molar-refractivity contribution in [3.63, 3.8) is 0 Å². The molecule has 0 saturated heterocycles.